The number of nitrogens with zero attached hydrogens (tertiary/aromatic N) is 2. The molecule has 0 fully saturated rings. The second kappa shape index (κ2) is 6.48. The third-order valence-electron chi connectivity index (χ3n) is 3.04. The molecule has 0 unspecified atom stereocenters. The summed E-state index contributed by atoms with van der Waals surface area (Å²) in [6, 6.07) is 9.62. The van der Waals surface area contributed by atoms with Crippen molar-refractivity contribution in [2.24, 2.45) is 0 Å². The molecule has 0 aliphatic heterocycles. The molecule has 0 spiro atoms. The normalized spacial score (nSPS) is 11.9. The maximum absolute atomic E-state index is 12.1. The zero-order valence-electron chi connectivity index (χ0n) is 13.2. The van der Waals surface area contributed by atoms with E-state index in [0.717, 1.165) is 15.7 Å². The smallest absolute Gasteiger partial charge is 0.249 e. The monoisotopic (exact) mass is 361 g/mol. The lowest BCUT2D eigenvalue weighted by molar-refractivity contribution is -0.111. The van der Waals surface area contributed by atoms with Crippen molar-refractivity contribution in [1.29, 1.82) is 0 Å². The molecule has 0 radical (unpaired) electrons. The van der Waals surface area contributed by atoms with Crippen LogP contribution in [-0.4, -0.2) is 15.7 Å². The van der Waals surface area contributed by atoms with Crippen LogP contribution in [0.1, 0.15) is 32.0 Å². The minimum Gasteiger partial charge on any atom is -0.307 e. The van der Waals surface area contributed by atoms with Crippen LogP contribution in [0.25, 0.3) is 6.08 Å². The molecule has 1 amide bonds. The Labute approximate surface area is 139 Å². The van der Waals surface area contributed by atoms with Crippen LogP contribution in [0.3, 0.4) is 0 Å². The second-order valence-corrected chi connectivity index (χ2v) is 6.95. The molecule has 1 N–H and O–H groups in total. The Kier molecular flexibility index (Phi) is 4.86. The zero-order chi connectivity index (χ0) is 16.3. The van der Waals surface area contributed by atoms with Crippen molar-refractivity contribution in [3.05, 3.63) is 52.1 Å². The summed E-state index contributed by atoms with van der Waals surface area (Å²) in [6.07, 6.45) is 3.31. The Morgan fingerprint density at radius 3 is 2.64 bits per heavy atom. The van der Waals surface area contributed by atoms with E-state index in [9.17, 15) is 4.79 Å². The average Bonchev–Trinajstić information content (AvgIpc) is 2.78. The third kappa shape index (κ3) is 4.07. The van der Waals surface area contributed by atoms with Gasteiger partial charge in [0.25, 0.3) is 0 Å². The number of hydrogen-bond acceptors (Lipinski definition) is 2. The highest BCUT2D eigenvalue weighted by molar-refractivity contribution is 9.10. The lowest BCUT2D eigenvalue weighted by Gasteiger charge is -2.22. The fourth-order valence-electron chi connectivity index (χ4n) is 2.04. The molecule has 22 heavy (non-hydrogen) atoms. The molecule has 0 saturated carbocycles. The van der Waals surface area contributed by atoms with E-state index in [-0.39, 0.29) is 11.4 Å². The van der Waals surface area contributed by atoms with Gasteiger partial charge in [0, 0.05) is 16.6 Å². The topological polar surface area (TPSA) is 46.9 Å². The molecular weight excluding hydrogens is 342 g/mol. The summed E-state index contributed by atoms with van der Waals surface area (Å²) < 4.78 is 2.78. The first-order valence-corrected chi connectivity index (χ1v) is 7.87. The second-order valence-electron chi connectivity index (χ2n) is 6.10. The van der Waals surface area contributed by atoms with Gasteiger partial charge in [0.15, 0.2) is 0 Å². The Morgan fingerprint density at radius 1 is 1.32 bits per heavy atom. The molecule has 1 heterocycles. The van der Waals surface area contributed by atoms with E-state index >= 15 is 0 Å². The van der Waals surface area contributed by atoms with Crippen LogP contribution in [0.4, 0.5) is 5.82 Å². The molecule has 0 atom stereocenters. The Balaban J connectivity index is 2.15. The Hall–Kier alpha value is -1.88. The number of aryl methyl sites for hydroxylation is 1. The highest BCUT2D eigenvalue weighted by atomic mass is 79.9. The number of aromatic nitrogens is 2. The maximum Gasteiger partial charge on any atom is 0.249 e. The highest BCUT2D eigenvalue weighted by Gasteiger charge is 2.19. The van der Waals surface area contributed by atoms with Gasteiger partial charge in [-0.25, -0.2) is 4.68 Å². The van der Waals surface area contributed by atoms with Crippen molar-refractivity contribution in [1.82, 2.24) is 9.78 Å². The van der Waals surface area contributed by atoms with E-state index in [0.29, 0.717) is 5.82 Å². The molecule has 4 nitrogen and oxygen atoms in total. The SMILES string of the molecule is Cc1cc(NC(=O)C=Cc2ccccc2Br)n(C(C)(C)C)n1. The minimum atomic E-state index is -0.191. The quantitative estimate of drug-likeness (QED) is 0.825. The molecule has 0 aliphatic carbocycles. The zero-order valence-corrected chi connectivity index (χ0v) is 14.8. The number of hydrogen-bond donors (Lipinski definition) is 1. The third-order valence-corrected chi connectivity index (χ3v) is 3.76. The van der Waals surface area contributed by atoms with Crippen LogP contribution in [-0.2, 0) is 10.3 Å². The van der Waals surface area contributed by atoms with Gasteiger partial charge in [0.05, 0.1) is 11.2 Å². The highest BCUT2D eigenvalue weighted by Crippen LogP contribution is 2.21. The van der Waals surface area contributed by atoms with Crippen LogP contribution >= 0.6 is 15.9 Å². The van der Waals surface area contributed by atoms with Crippen LogP contribution in [0.5, 0.6) is 0 Å². The van der Waals surface area contributed by atoms with E-state index in [4.69, 9.17) is 0 Å². The van der Waals surface area contributed by atoms with Crippen LogP contribution in [0.15, 0.2) is 40.9 Å². The van der Waals surface area contributed by atoms with Crippen molar-refractivity contribution in [3.8, 4) is 0 Å². The van der Waals surface area contributed by atoms with E-state index in [1.54, 1.807) is 6.08 Å². The molecular formula is C17H20BrN3O. The first-order chi connectivity index (χ1) is 10.3. The maximum atomic E-state index is 12.1. The number of halogens is 1. The van der Waals surface area contributed by atoms with E-state index in [1.165, 1.54) is 6.08 Å². The van der Waals surface area contributed by atoms with Gasteiger partial charge >= 0.3 is 0 Å². The van der Waals surface area contributed by atoms with Gasteiger partial charge in [0.2, 0.25) is 5.91 Å². The number of rotatable bonds is 3. The van der Waals surface area contributed by atoms with E-state index < -0.39 is 0 Å². The van der Waals surface area contributed by atoms with Gasteiger partial charge in [-0.1, -0.05) is 34.1 Å². The Bertz CT molecular complexity index is 711. The molecule has 2 aromatic rings. The summed E-state index contributed by atoms with van der Waals surface area (Å²) in [7, 11) is 0. The molecule has 2 rings (SSSR count). The first kappa shape index (κ1) is 16.5. The van der Waals surface area contributed by atoms with Gasteiger partial charge in [-0.2, -0.15) is 5.10 Å². The average molecular weight is 362 g/mol. The molecule has 0 bridgehead atoms. The molecule has 1 aromatic heterocycles. The van der Waals surface area contributed by atoms with Crippen molar-refractivity contribution in [3.63, 3.8) is 0 Å². The largest absolute Gasteiger partial charge is 0.307 e. The number of anilines is 1. The molecule has 0 saturated heterocycles. The summed E-state index contributed by atoms with van der Waals surface area (Å²) in [5.41, 5.74) is 1.64. The Morgan fingerprint density at radius 2 is 2.00 bits per heavy atom. The molecule has 1 aromatic carbocycles. The number of nitrogens with one attached hydrogen (secondary N) is 1. The lowest BCUT2D eigenvalue weighted by atomic mass is 10.1. The molecule has 5 heteroatoms. The minimum absolute atomic E-state index is 0.179. The number of amides is 1. The summed E-state index contributed by atoms with van der Waals surface area (Å²) in [5.74, 6) is 0.521. The van der Waals surface area contributed by atoms with Gasteiger partial charge in [-0.15, -0.1) is 0 Å². The van der Waals surface area contributed by atoms with Crippen LogP contribution < -0.4 is 5.32 Å². The van der Waals surface area contributed by atoms with Crippen molar-refractivity contribution in [2.75, 3.05) is 5.32 Å². The van der Waals surface area contributed by atoms with E-state index in [1.807, 2.05) is 62.7 Å². The lowest BCUT2D eigenvalue weighted by Crippen LogP contribution is -2.26. The van der Waals surface area contributed by atoms with Gasteiger partial charge < -0.3 is 5.32 Å². The predicted molar refractivity (Wildman–Crippen MR) is 93.8 cm³/mol. The van der Waals surface area contributed by atoms with Crippen molar-refractivity contribution in [2.45, 2.75) is 33.2 Å². The predicted octanol–water partition coefficient (Wildman–Crippen LogP) is 4.36. The van der Waals surface area contributed by atoms with E-state index in [2.05, 4.69) is 26.3 Å². The van der Waals surface area contributed by atoms with Crippen molar-refractivity contribution >= 4 is 33.7 Å². The summed E-state index contributed by atoms with van der Waals surface area (Å²) >= 11 is 3.46. The number of carbonyl (C=O) groups excluding carboxylic acids is 1. The summed E-state index contributed by atoms with van der Waals surface area (Å²) in [4.78, 5) is 12.1. The van der Waals surface area contributed by atoms with Crippen LogP contribution in [0.2, 0.25) is 0 Å². The number of benzene rings is 1. The summed E-state index contributed by atoms with van der Waals surface area (Å²) in [5, 5.41) is 7.32. The first-order valence-electron chi connectivity index (χ1n) is 7.08. The van der Waals surface area contributed by atoms with Gasteiger partial charge in [-0.05, 0) is 45.4 Å². The fraction of sp³-hybridized carbons (Fsp3) is 0.294. The molecule has 116 valence electrons. The van der Waals surface area contributed by atoms with Crippen LogP contribution in [0, 0.1) is 6.92 Å². The summed E-state index contributed by atoms with van der Waals surface area (Å²) in [6.45, 7) is 8.05. The number of carbonyl (C=O) groups is 1. The van der Waals surface area contributed by atoms with Gasteiger partial charge in [0.1, 0.15) is 5.82 Å². The fourth-order valence-corrected chi connectivity index (χ4v) is 2.46. The standard InChI is InChI=1S/C17H20BrN3O/c1-12-11-15(21(20-12)17(2,3)4)19-16(22)10-9-13-7-5-6-8-14(13)18/h5-11H,1-4H3,(H,19,22). The molecule has 0 aliphatic rings. The van der Waals surface area contributed by atoms with Crippen molar-refractivity contribution < 1.29 is 4.79 Å². The van der Waals surface area contributed by atoms with Gasteiger partial charge in [-0.3, -0.25) is 4.79 Å².